The smallest absolute Gasteiger partial charge is 0.137 e. The number of nitrogens with two attached hydrogens (primary N) is 1. The molecule has 0 aliphatic rings. The minimum absolute atomic E-state index is 0.115. The second-order valence-corrected chi connectivity index (χ2v) is 5.40. The third-order valence-corrected chi connectivity index (χ3v) is 3.58. The number of pyridine rings is 1. The molecule has 0 saturated heterocycles. The first-order valence-electron chi connectivity index (χ1n) is 6.45. The van der Waals surface area contributed by atoms with Crippen LogP contribution in [-0.2, 0) is 0 Å². The maximum atomic E-state index is 5.74. The second-order valence-electron chi connectivity index (χ2n) is 4.49. The van der Waals surface area contributed by atoms with E-state index in [-0.39, 0.29) is 6.04 Å². The molecule has 0 fully saturated rings. The van der Waals surface area contributed by atoms with Gasteiger partial charge in [-0.2, -0.15) is 0 Å². The van der Waals surface area contributed by atoms with Gasteiger partial charge in [-0.1, -0.05) is 22.0 Å². The van der Waals surface area contributed by atoms with Crippen LogP contribution in [0.15, 0.2) is 41.1 Å². The molecule has 1 aromatic carbocycles. The van der Waals surface area contributed by atoms with Gasteiger partial charge in [0, 0.05) is 10.7 Å². The zero-order valence-electron chi connectivity index (χ0n) is 11.6. The maximum absolute atomic E-state index is 5.74. The fourth-order valence-corrected chi connectivity index (χ4v) is 2.64. The first kappa shape index (κ1) is 15.0. The van der Waals surface area contributed by atoms with Crippen LogP contribution in [0.3, 0.4) is 0 Å². The molecule has 1 unspecified atom stereocenters. The van der Waals surface area contributed by atoms with Gasteiger partial charge in [0.25, 0.3) is 0 Å². The van der Waals surface area contributed by atoms with E-state index in [9.17, 15) is 0 Å². The summed E-state index contributed by atoms with van der Waals surface area (Å²) in [4.78, 5) is 4.22. The van der Waals surface area contributed by atoms with Crippen molar-refractivity contribution in [2.24, 2.45) is 5.84 Å². The summed E-state index contributed by atoms with van der Waals surface area (Å²) < 4.78 is 6.54. The van der Waals surface area contributed by atoms with Crippen LogP contribution in [0.5, 0.6) is 5.75 Å². The highest BCUT2D eigenvalue weighted by Crippen LogP contribution is 2.27. The Hall–Kier alpha value is -1.43. The topological polar surface area (TPSA) is 60.2 Å². The molecule has 0 bridgehead atoms. The third kappa shape index (κ3) is 3.36. The van der Waals surface area contributed by atoms with Crippen molar-refractivity contribution in [2.45, 2.75) is 19.9 Å². The lowest BCUT2D eigenvalue weighted by atomic mass is 9.96. The molecule has 1 atom stereocenters. The Morgan fingerprint density at radius 3 is 2.80 bits per heavy atom. The number of hydrogen-bond acceptors (Lipinski definition) is 4. The largest absolute Gasteiger partial charge is 0.492 e. The Morgan fingerprint density at radius 1 is 1.35 bits per heavy atom. The first-order valence-corrected chi connectivity index (χ1v) is 7.25. The van der Waals surface area contributed by atoms with Gasteiger partial charge in [0.1, 0.15) is 5.75 Å². The molecule has 0 spiro atoms. The quantitative estimate of drug-likeness (QED) is 0.651. The van der Waals surface area contributed by atoms with Crippen molar-refractivity contribution in [3.63, 3.8) is 0 Å². The van der Waals surface area contributed by atoms with E-state index in [0.717, 1.165) is 26.9 Å². The number of nitrogens with zero attached hydrogens (tertiary/aromatic N) is 1. The summed E-state index contributed by atoms with van der Waals surface area (Å²) in [6.07, 6.45) is 3.50. The number of benzene rings is 1. The molecule has 106 valence electrons. The first-order chi connectivity index (χ1) is 9.65. The molecule has 0 amide bonds. The molecule has 3 N–H and O–H groups in total. The van der Waals surface area contributed by atoms with Crippen LogP contribution in [0.25, 0.3) is 0 Å². The molecule has 2 aromatic rings. The van der Waals surface area contributed by atoms with Crippen molar-refractivity contribution >= 4 is 15.9 Å². The standard InChI is InChI=1S/C15H18BrN3O/c1-3-20-13-7-11(8-18-9-13)15(19-17)14-5-4-12(16)6-10(14)2/h4-9,15,19H,3,17H2,1-2H3. The number of halogens is 1. The van der Waals surface area contributed by atoms with Gasteiger partial charge in [-0.3, -0.25) is 10.8 Å². The van der Waals surface area contributed by atoms with Crippen LogP contribution in [0.4, 0.5) is 0 Å². The minimum atomic E-state index is -0.115. The number of nitrogens with one attached hydrogen (secondary N) is 1. The molecule has 4 nitrogen and oxygen atoms in total. The Kier molecular flexibility index (Phi) is 5.11. The van der Waals surface area contributed by atoms with Gasteiger partial charge in [0.15, 0.2) is 0 Å². The summed E-state index contributed by atoms with van der Waals surface area (Å²) in [6.45, 7) is 4.62. The van der Waals surface area contributed by atoms with E-state index in [1.807, 2.05) is 19.1 Å². The van der Waals surface area contributed by atoms with Gasteiger partial charge < -0.3 is 4.74 Å². The Bertz CT molecular complexity index is 589. The van der Waals surface area contributed by atoms with Crippen molar-refractivity contribution < 1.29 is 4.74 Å². The van der Waals surface area contributed by atoms with Crippen LogP contribution in [0, 0.1) is 6.92 Å². The summed E-state index contributed by atoms with van der Waals surface area (Å²) in [5.74, 6) is 6.49. The Labute approximate surface area is 127 Å². The molecule has 5 heteroatoms. The van der Waals surface area contributed by atoms with Gasteiger partial charge in [-0.25, -0.2) is 5.43 Å². The predicted octanol–water partition coefficient (Wildman–Crippen LogP) is 3.10. The SMILES string of the molecule is CCOc1cncc(C(NN)c2ccc(Br)cc2C)c1. The number of ether oxygens (including phenoxy) is 1. The van der Waals surface area contributed by atoms with Crippen molar-refractivity contribution in [1.82, 2.24) is 10.4 Å². The fourth-order valence-electron chi connectivity index (χ4n) is 2.17. The van der Waals surface area contributed by atoms with E-state index < -0.39 is 0 Å². The molecule has 0 radical (unpaired) electrons. The van der Waals surface area contributed by atoms with E-state index in [4.69, 9.17) is 10.6 Å². The van der Waals surface area contributed by atoms with Crippen molar-refractivity contribution in [3.8, 4) is 5.75 Å². The predicted molar refractivity (Wildman–Crippen MR) is 83.5 cm³/mol. The lowest BCUT2D eigenvalue weighted by Crippen LogP contribution is -2.29. The van der Waals surface area contributed by atoms with E-state index in [0.29, 0.717) is 6.61 Å². The van der Waals surface area contributed by atoms with E-state index in [1.54, 1.807) is 12.4 Å². The van der Waals surface area contributed by atoms with Gasteiger partial charge in [0.2, 0.25) is 0 Å². The van der Waals surface area contributed by atoms with Gasteiger partial charge in [0.05, 0.1) is 18.8 Å². The van der Waals surface area contributed by atoms with Crippen LogP contribution in [0.1, 0.15) is 29.7 Å². The Morgan fingerprint density at radius 2 is 2.15 bits per heavy atom. The molecule has 0 aliphatic carbocycles. The molecule has 1 aromatic heterocycles. The Balaban J connectivity index is 2.38. The van der Waals surface area contributed by atoms with Crippen LogP contribution in [0.2, 0.25) is 0 Å². The zero-order chi connectivity index (χ0) is 14.5. The summed E-state index contributed by atoms with van der Waals surface area (Å²) in [6, 6.07) is 7.97. The lowest BCUT2D eigenvalue weighted by Gasteiger charge is -2.19. The molecule has 2 rings (SSSR count). The van der Waals surface area contributed by atoms with E-state index in [2.05, 4.69) is 45.4 Å². The molecule has 1 heterocycles. The maximum Gasteiger partial charge on any atom is 0.137 e. The highest BCUT2D eigenvalue weighted by molar-refractivity contribution is 9.10. The summed E-state index contributed by atoms with van der Waals surface area (Å²) in [5, 5.41) is 0. The normalized spacial score (nSPS) is 12.2. The number of aromatic nitrogens is 1. The van der Waals surface area contributed by atoms with Crippen LogP contribution >= 0.6 is 15.9 Å². The van der Waals surface area contributed by atoms with Crippen LogP contribution in [-0.4, -0.2) is 11.6 Å². The van der Waals surface area contributed by atoms with Gasteiger partial charge in [-0.15, -0.1) is 0 Å². The van der Waals surface area contributed by atoms with E-state index in [1.165, 1.54) is 0 Å². The summed E-state index contributed by atoms with van der Waals surface area (Å²) in [5.41, 5.74) is 6.10. The molecular weight excluding hydrogens is 318 g/mol. The zero-order valence-corrected chi connectivity index (χ0v) is 13.1. The van der Waals surface area contributed by atoms with Crippen molar-refractivity contribution in [2.75, 3.05) is 6.61 Å². The monoisotopic (exact) mass is 335 g/mol. The van der Waals surface area contributed by atoms with E-state index >= 15 is 0 Å². The van der Waals surface area contributed by atoms with Gasteiger partial charge in [-0.05, 0) is 48.7 Å². The lowest BCUT2D eigenvalue weighted by molar-refractivity contribution is 0.338. The molecule has 0 saturated carbocycles. The highest BCUT2D eigenvalue weighted by atomic mass is 79.9. The number of hydrogen-bond donors (Lipinski definition) is 2. The molecule has 0 aliphatic heterocycles. The van der Waals surface area contributed by atoms with Crippen LogP contribution < -0.4 is 16.0 Å². The summed E-state index contributed by atoms with van der Waals surface area (Å²) >= 11 is 3.47. The second kappa shape index (κ2) is 6.83. The number of hydrazine groups is 1. The molecule has 20 heavy (non-hydrogen) atoms. The average Bonchev–Trinajstić information content (AvgIpc) is 2.43. The third-order valence-electron chi connectivity index (χ3n) is 3.09. The number of rotatable bonds is 5. The van der Waals surface area contributed by atoms with Gasteiger partial charge >= 0.3 is 0 Å². The minimum Gasteiger partial charge on any atom is -0.492 e. The average molecular weight is 336 g/mol. The fraction of sp³-hybridized carbons (Fsp3) is 0.267. The highest BCUT2D eigenvalue weighted by Gasteiger charge is 2.16. The van der Waals surface area contributed by atoms with Crippen molar-refractivity contribution in [3.05, 3.63) is 57.8 Å². The number of aryl methyl sites for hydroxylation is 1. The van der Waals surface area contributed by atoms with Crippen molar-refractivity contribution in [1.29, 1.82) is 0 Å². The molecular formula is C15H18BrN3O. The summed E-state index contributed by atoms with van der Waals surface area (Å²) in [7, 11) is 0.